The summed E-state index contributed by atoms with van der Waals surface area (Å²) < 4.78 is 10.8. The molecule has 2 aromatic rings. The molecule has 0 radical (unpaired) electrons. The van der Waals surface area contributed by atoms with Crippen LogP contribution in [0.4, 0.5) is 0 Å². The number of aromatic nitrogens is 2. The summed E-state index contributed by atoms with van der Waals surface area (Å²) in [5.41, 5.74) is 2.19. The first kappa shape index (κ1) is 17.0. The largest absolute Gasteiger partial charge is 0.493 e. The Morgan fingerprint density at radius 3 is 2.74 bits per heavy atom. The molecule has 1 unspecified atom stereocenters. The normalized spacial score (nSPS) is 12.0. The van der Waals surface area contributed by atoms with E-state index in [4.69, 9.17) is 9.26 Å². The SMILES string of the molecule is Cc1ccc(C)c(OCCC(=O)N(C)C(C)c2nc(C)no2)c1. The first-order valence-electron chi connectivity index (χ1n) is 7.64. The second-order valence-electron chi connectivity index (χ2n) is 5.73. The molecule has 2 rings (SSSR count). The van der Waals surface area contributed by atoms with Crippen LogP contribution in [0.15, 0.2) is 22.7 Å². The molecule has 0 aliphatic rings. The average Bonchev–Trinajstić information content (AvgIpc) is 2.95. The third-order valence-corrected chi connectivity index (χ3v) is 3.79. The fraction of sp³-hybridized carbons (Fsp3) is 0.471. The zero-order valence-electron chi connectivity index (χ0n) is 14.3. The molecule has 0 aliphatic carbocycles. The quantitative estimate of drug-likeness (QED) is 0.819. The lowest BCUT2D eigenvalue weighted by Crippen LogP contribution is -2.30. The van der Waals surface area contributed by atoms with E-state index < -0.39 is 0 Å². The van der Waals surface area contributed by atoms with Gasteiger partial charge in [-0.25, -0.2) is 0 Å². The third kappa shape index (κ3) is 4.31. The van der Waals surface area contributed by atoms with Gasteiger partial charge in [-0.1, -0.05) is 17.3 Å². The summed E-state index contributed by atoms with van der Waals surface area (Å²) in [6.07, 6.45) is 0.293. The molecule has 23 heavy (non-hydrogen) atoms. The van der Waals surface area contributed by atoms with Gasteiger partial charge in [-0.3, -0.25) is 4.79 Å². The van der Waals surface area contributed by atoms with Gasteiger partial charge in [0.1, 0.15) is 11.8 Å². The number of benzene rings is 1. The molecule has 0 N–H and O–H groups in total. The van der Waals surface area contributed by atoms with E-state index >= 15 is 0 Å². The van der Waals surface area contributed by atoms with E-state index in [2.05, 4.69) is 10.1 Å². The summed E-state index contributed by atoms with van der Waals surface area (Å²) >= 11 is 0. The first-order chi connectivity index (χ1) is 10.9. The number of carbonyl (C=O) groups excluding carboxylic acids is 1. The minimum Gasteiger partial charge on any atom is -0.493 e. The fourth-order valence-corrected chi connectivity index (χ4v) is 2.15. The van der Waals surface area contributed by atoms with Crippen molar-refractivity contribution >= 4 is 5.91 Å². The Morgan fingerprint density at radius 1 is 1.35 bits per heavy atom. The maximum Gasteiger partial charge on any atom is 0.249 e. The Labute approximate surface area is 136 Å². The van der Waals surface area contributed by atoms with Crippen molar-refractivity contribution in [1.82, 2.24) is 15.0 Å². The van der Waals surface area contributed by atoms with Crippen molar-refractivity contribution in [2.75, 3.05) is 13.7 Å². The number of carbonyl (C=O) groups is 1. The Hall–Kier alpha value is -2.37. The molecule has 1 amide bonds. The molecular weight excluding hydrogens is 294 g/mol. The van der Waals surface area contributed by atoms with Gasteiger partial charge < -0.3 is 14.2 Å². The molecule has 0 saturated carbocycles. The number of hydrogen-bond donors (Lipinski definition) is 0. The van der Waals surface area contributed by atoms with Gasteiger partial charge in [-0.15, -0.1) is 0 Å². The van der Waals surface area contributed by atoms with Gasteiger partial charge in [-0.2, -0.15) is 4.98 Å². The average molecular weight is 317 g/mol. The van der Waals surface area contributed by atoms with Crippen molar-refractivity contribution in [3.63, 3.8) is 0 Å². The summed E-state index contributed by atoms with van der Waals surface area (Å²) in [5.74, 6) is 1.79. The van der Waals surface area contributed by atoms with Crippen molar-refractivity contribution in [3.05, 3.63) is 41.0 Å². The Morgan fingerprint density at radius 2 is 2.09 bits per heavy atom. The maximum atomic E-state index is 12.3. The molecule has 6 nitrogen and oxygen atoms in total. The van der Waals surface area contributed by atoms with Gasteiger partial charge in [0.05, 0.1) is 13.0 Å². The molecule has 124 valence electrons. The highest BCUT2D eigenvalue weighted by Gasteiger charge is 2.22. The van der Waals surface area contributed by atoms with Crippen LogP contribution in [-0.2, 0) is 4.79 Å². The second-order valence-corrected chi connectivity index (χ2v) is 5.73. The highest BCUT2D eigenvalue weighted by atomic mass is 16.5. The van der Waals surface area contributed by atoms with E-state index in [1.807, 2.05) is 39.0 Å². The maximum absolute atomic E-state index is 12.3. The van der Waals surface area contributed by atoms with E-state index in [-0.39, 0.29) is 11.9 Å². The zero-order chi connectivity index (χ0) is 17.0. The highest BCUT2D eigenvalue weighted by molar-refractivity contribution is 5.76. The van der Waals surface area contributed by atoms with E-state index in [0.29, 0.717) is 24.7 Å². The molecule has 6 heteroatoms. The molecule has 0 aliphatic heterocycles. The fourth-order valence-electron chi connectivity index (χ4n) is 2.15. The minimum absolute atomic E-state index is 0.0290. The Balaban J connectivity index is 1.87. The highest BCUT2D eigenvalue weighted by Crippen LogP contribution is 2.20. The summed E-state index contributed by atoms with van der Waals surface area (Å²) in [6, 6.07) is 5.77. The van der Waals surface area contributed by atoms with E-state index in [9.17, 15) is 4.79 Å². The van der Waals surface area contributed by atoms with E-state index in [1.165, 1.54) is 0 Å². The van der Waals surface area contributed by atoms with Crippen LogP contribution < -0.4 is 4.74 Å². The second kappa shape index (κ2) is 7.26. The van der Waals surface area contributed by atoms with Gasteiger partial charge in [0.2, 0.25) is 11.8 Å². The van der Waals surface area contributed by atoms with Gasteiger partial charge in [-0.05, 0) is 44.9 Å². The number of hydrogen-bond acceptors (Lipinski definition) is 5. The molecule has 0 bridgehead atoms. The molecule has 0 fully saturated rings. The zero-order valence-corrected chi connectivity index (χ0v) is 14.3. The van der Waals surface area contributed by atoms with Crippen molar-refractivity contribution in [3.8, 4) is 5.75 Å². The van der Waals surface area contributed by atoms with Crippen LogP contribution in [0.5, 0.6) is 5.75 Å². The standard InChI is InChI=1S/C17H23N3O3/c1-11-6-7-12(2)15(10-11)22-9-8-16(21)20(5)13(3)17-18-14(4)19-23-17/h6-7,10,13H,8-9H2,1-5H3. The smallest absolute Gasteiger partial charge is 0.249 e. The summed E-state index contributed by atoms with van der Waals surface area (Å²) in [7, 11) is 1.73. The van der Waals surface area contributed by atoms with Crippen LogP contribution in [0.2, 0.25) is 0 Å². The van der Waals surface area contributed by atoms with Gasteiger partial charge >= 0.3 is 0 Å². The van der Waals surface area contributed by atoms with Gasteiger partial charge in [0, 0.05) is 7.05 Å². The lowest BCUT2D eigenvalue weighted by atomic mass is 10.1. The van der Waals surface area contributed by atoms with Crippen LogP contribution in [0.25, 0.3) is 0 Å². The van der Waals surface area contributed by atoms with Crippen LogP contribution in [0, 0.1) is 20.8 Å². The molecule has 0 spiro atoms. The minimum atomic E-state index is -0.260. The predicted octanol–water partition coefficient (Wildman–Crippen LogP) is 2.98. The van der Waals surface area contributed by atoms with Crippen LogP contribution in [0.3, 0.4) is 0 Å². The van der Waals surface area contributed by atoms with Crippen molar-refractivity contribution in [1.29, 1.82) is 0 Å². The first-order valence-corrected chi connectivity index (χ1v) is 7.64. The van der Waals surface area contributed by atoms with Crippen molar-refractivity contribution in [2.24, 2.45) is 0 Å². The molecular formula is C17H23N3O3. The molecule has 1 aromatic heterocycles. The summed E-state index contributed by atoms with van der Waals surface area (Å²) in [4.78, 5) is 18.0. The summed E-state index contributed by atoms with van der Waals surface area (Å²) in [5, 5.41) is 3.75. The lowest BCUT2D eigenvalue weighted by molar-refractivity contribution is -0.132. The van der Waals surface area contributed by atoms with Crippen LogP contribution >= 0.6 is 0 Å². The van der Waals surface area contributed by atoms with E-state index in [1.54, 1.807) is 18.9 Å². The molecule has 0 saturated heterocycles. The number of nitrogens with zero attached hydrogens (tertiary/aromatic N) is 3. The monoisotopic (exact) mass is 317 g/mol. The Bertz CT molecular complexity index is 681. The number of ether oxygens (including phenoxy) is 1. The lowest BCUT2D eigenvalue weighted by Gasteiger charge is -2.22. The number of amides is 1. The van der Waals surface area contributed by atoms with Gasteiger partial charge in [0.25, 0.3) is 0 Å². The van der Waals surface area contributed by atoms with Crippen LogP contribution in [0.1, 0.15) is 42.2 Å². The predicted molar refractivity (Wildman–Crippen MR) is 86.2 cm³/mol. The molecule has 1 atom stereocenters. The van der Waals surface area contributed by atoms with Crippen molar-refractivity contribution in [2.45, 2.75) is 40.2 Å². The van der Waals surface area contributed by atoms with E-state index in [0.717, 1.165) is 16.9 Å². The topological polar surface area (TPSA) is 68.5 Å². The van der Waals surface area contributed by atoms with Gasteiger partial charge in [0.15, 0.2) is 5.82 Å². The summed E-state index contributed by atoms with van der Waals surface area (Å²) in [6.45, 7) is 7.95. The number of rotatable bonds is 6. The molecule has 1 aromatic carbocycles. The van der Waals surface area contributed by atoms with Crippen molar-refractivity contribution < 1.29 is 14.1 Å². The third-order valence-electron chi connectivity index (χ3n) is 3.79. The van der Waals surface area contributed by atoms with Crippen LogP contribution in [-0.4, -0.2) is 34.6 Å². The number of aryl methyl sites for hydroxylation is 3. The molecule has 1 heterocycles. The Kier molecular flexibility index (Phi) is 5.36.